The summed E-state index contributed by atoms with van der Waals surface area (Å²) in [6.45, 7) is 8.42. The number of nitrogens with zero attached hydrogens (tertiary/aromatic N) is 4. The number of hydrazone groups is 1. The number of hydrogen-bond donors (Lipinski definition) is 1. The summed E-state index contributed by atoms with van der Waals surface area (Å²) in [4.78, 5) is 2.34. The predicted octanol–water partition coefficient (Wildman–Crippen LogP) is 4.96. The number of hydrogen-bond acceptors (Lipinski definition) is 4. The average Bonchev–Trinajstić information content (AvgIpc) is 2.76. The van der Waals surface area contributed by atoms with Gasteiger partial charge < -0.3 is 10.2 Å². The number of aromatic nitrogens is 1. The van der Waals surface area contributed by atoms with Crippen molar-refractivity contribution in [2.24, 2.45) is 12.1 Å². The molecule has 156 valence electrons. The van der Waals surface area contributed by atoms with Crippen molar-refractivity contribution in [1.82, 2.24) is 0 Å². The van der Waals surface area contributed by atoms with Gasteiger partial charge in [-0.15, -0.1) is 0 Å². The first kappa shape index (κ1) is 21.4. The van der Waals surface area contributed by atoms with Crippen LogP contribution in [0.5, 0.6) is 0 Å². The fourth-order valence-electron chi connectivity index (χ4n) is 3.50. The van der Waals surface area contributed by atoms with Gasteiger partial charge in [0.2, 0.25) is 5.69 Å². The third-order valence-corrected chi connectivity index (χ3v) is 5.25. The van der Waals surface area contributed by atoms with E-state index >= 15 is 0 Å². The van der Waals surface area contributed by atoms with Gasteiger partial charge in [0, 0.05) is 49.3 Å². The zero-order valence-electron chi connectivity index (χ0n) is 18.6. The van der Waals surface area contributed by atoms with Gasteiger partial charge in [-0.05, 0) is 75.4 Å². The maximum atomic E-state index is 4.74. The van der Waals surface area contributed by atoms with Crippen molar-refractivity contribution in [2.45, 2.75) is 20.8 Å². The highest BCUT2D eigenvalue weighted by Crippen LogP contribution is 2.23. The molecule has 3 aromatic rings. The number of benzene rings is 2. The van der Waals surface area contributed by atoms with E-state index in [1.165, 1.54) is 5.69 Å². The summed E-state index contributed by atoms with van der Waals surface area (Å²) in [6.07, 6.45) is 2.03. The largest absolute Gasteiger partial charge is 0.372 e. The molecule has 0 unspecified atom stereocenters. The van der Waals surface area contributed by atoms with E-state index in [0.717, 1.165) is 41.6 Å². The lowest BCUT2D eigenvalue weighted by Gasteiger charge is -2.21. The van der Waals surface area contributed by atoms with Crippen molar-refractivity contribution in [3.63, 3.8) is 0 Å². The zero-order chi connectivity index (χ0) is 21.5. The van der Waals surface area contributed by atoms with Gasteiger partial charge in [-0.25, -0.2) is 0 Å². The summed E-state index contributed by atoms with van der Waals surface area (Å²) in [5, 5.41) is 10.1. The Bertz CT molecular complexity index is 973. The first-order chi connectivity index (χ1) is 14.5. The predicted molar refractivity (Wildman–Crippen MR) is 128 cm³/mol. The molecule has 2 aromatic carbocycles. The smallest absolute Gasteiger partial charge is 0.228 e. The van der Waals surface area contributed by atoms with E-state index in [4.69, 9.17) is 5.10 Å². The molecule has 0 spiro atoms. The van der Waals surface area contributed by atoms with Gasteiger partial charge in [0.25, 0.3) is 0 Å². The molecule has 0 aliphatic carbocycles. The molecule has 0 fully saturated rings. The molecule has 0 saturated carbocycles. The maximum absolute atomic E-state index is 4.74. The van der Waals surface area contributed by atoms with Gasteiger partial charge in [0.1, 0.15) is 12.8 Å². The van der Waals surface area contributed by atoms with Gasteiger partial charge in [-0.2, -0.15) is 9.67 Å². The van der Waals surface area contributed by atoms with Crippen LogP contribution in [0.3, 0.4) is 0 Å². The van der Waals surface area contributed by atoms with Crippen molar-refractivity contribution in [2.75, 3.05) is 35.4 Å². The van der Waals surface area contributed by atoms with Crippen LogP contribution >= 0.6 is 0 Å². The van der Waals surface area contributed by atoms with Crippen LogP contribution < -0.4 is 19.8 Å². The molecule has 0 bridgehead atoms. The van der Waals surface area contributed by atoms with E-state index in [2.05, 4.69) is 83.2 Å². The van der Waals surface area contributed by atoms with Crippen molar-refractivity contribution in [1.29, 1.82) is 0 Å². The minimum atomic E-state index is 0.969. The summed E-state index contributed by atoms with van der Waals surface area (Å²) >= 11 is 0. The summed E-state index contributed by atoms with van der Waals surface area (Å²) in [7, 11) is 4.00. The Morgan fingerprint density at radius 1 is 0.867 bits per heavy atom. The van der Waals surface area contributed by atoms with Crippen LogP contribution in [0.25, 0.3) is 0 Å². The Kier molecular flexibility index (Phi) is 7.07. The lowest BCUT2D eigenvalue weighted by atomic mass is 10.2. The van der Waals surface area contributed by atoms with Gasteiger partial charge in [0.05, 0.1) is 5.69 Å². The number of pyridine rings is 1. The monoisotopic (exact) mass is 402 g/mol. The molecule has 0 aliphatic rings. The van der Waals surface area contributed by atoms with Crippen LogP contribution in [0.4, 0.5) is 22.7 Å². The summed E-state index contributed by atoms with van der Waals surface area (Å²) in [5.41, 5.74) is 6.49. The summed E-state index contributed by atoms with van der Waals surface area (Å²) in [6, 6.07) is 23.0. The standard InChI is InChI=1S/C25H32N5/c1-6-30(7-2)24-17-13-22(14-18-24)26-21-11-15-23(16-12-21)29(5)27-20(3)25-10-8-9-19-28(25)4/h8-19,26H,6-7H2,1-5H3/q+1. The minimum Gasteiger partial charge on any atom is -0.372 e. The van der Waals surface area contributed by atoms with E-state index in [1.54, 1.807) is 0 Å². The lowest BCUT2D eigenvalue weighted by molar-refractivity contribution is -0.672. The van der Waals surface area contributed by atoms with Crippen molar-refractivity contribution in [3.8, 4) is 0 Å². The van der Waals surface area contributed by atoms with Crippen LogP contribution in [0.1, 0.15) is 26.5 Å². The van der Waals surface area contributed by atoms with Gasteiger partial charge in [-0.3, -0.25) is 5.01 Å². The summed E-state index contributed by atoms with van der Waals surface area (Å²) < 4.78 is 2.07. The highest BCUT2D eigenvalue weighted by Gasteiger charge is 2.10. The van der Waals surface area contributed by atoms with E-state index in [1.807, 2.05) is 44.4 Å². The fourth-order valence-corrected chi connectivity index (χ4v) is 3.50. The number of nitrogens with one attached hydrogen (secondary N) is 1. The molecule has 30 heavy (non-hydrogen) atoms. The first-order valence-corrected chi connectivity index (χ1v) is 10.5. The van der Waals surface area contributed by atoms with E-state index < -0.39 is 0 Å². The first-order valence-electron chi connectivity index (χ1n) is 10.5. The topological polar surface area (TPSA) is 34.8 Å². The van der Waals surface area contributed by atoms with Gasteiger partial charge >= 0.3 is 0 Å². The Labute approximate surface area is 180 Å². The highest BCUT2D eigenvalue weighted by molar-refractivity contribution is 5.96. The van der Waals surface area contributed by atoms with Gasteiger partial charge in [0.15, 0.2) is 6.20 Å². The molecule has 1 aromatic heterocycles. The molecule has 5 nitrogen and oxygen atoms in total. The third-order valence-electron chi connectivity index (χ3n) is 5.25. The van der Waals surface area contributed by atoms with Crippen LogP contribution in [0.2, 0.25) is 0 Å². The Morgan fingerprint density at radius 3 is 1.97 bits per heavy atom. The van der Waals surface area contributed by atoms with E-state index in [-0.39, 0.29) is 0 Å². The quantitative estimate of drug-likeness (QED) is 0.328. The Balaban J connectivity index is 1.67. The second-order valence-electron chi connectivity index (χ2n) is 7.30. The van der Waals surface area contributed by atoms with Crippen LogP contribution in [0.15, 0.2) is 78.0 Å². The van der Waals surface area contributed by atoms with Crippen molar-refractivity contribution in [3.05, 3.63) is 78.6 Å². The van der Waals surface area contributed by atoms with E-state index in [0.29, 0.717) is 0 Å². The molecule has 0 atom stereocenters. The normalized spacial score (nSPS) is 11.3. The molecule has 0 amide bonds. The van der Waals surface area contributed by atoms with Crippen LogP contribution in [0, 0.1) is 0 Å². The number of aryl methyl sites for hydroxylation is 1. The SMILES string of the molecule is CCN(CC)c1ccc(Nc2ccc(N(C)/N=C(\C)c3cccc[n+]3C)cc2)cc1. The van der Waals surface area contributed by atoms with Crippen molar-refractivity contribution < 1.29 is 4.57 Å². The average molecular weight is 403 g/mol. The molecule has 0 radical (unpaired) electrons. The maximum Gasteiger partial charge on any atom is 0.228 e. The molecule has 5 heteroatoms. The molecule has 1 heterocycles. The summed E-state index contributed by atoms with van der Waals surface area (Å²) in [5.74, 6) is 0. The molecule has 3 rings (SSSR count). The van der Waals surface area contributed by atoms with Crippen LogP contribution in [-0.4, -0.2) is 25.8 Å². The molecule has 0 aliphatic heterocycles. The van der Waals surface area contributed by atoms with Gasteiger partial charge in [-0.1, -0.05) is 0 Å². The second kappa shape index (κ2) is 9.92. The molecule has 0 saturated heterocycles. The molecule has 1 N–H and O–H groups in total. The Morgan fingerprint density at radius 2 is 1.43 bits per heavy atom. The minimum absolute atomic E-state index is 0.969. The number of rotatable bonds is 8. The second-order valence-corrected chi connectivity index (χ2v) is 7.30. The van der Waals surface area contributed by atoms with Crippen molar-refractivity contribution >= 4 is 28.5 Å². The molecular formula is C25H32N5+. The molecular weight excluding hydrogens is 370 g/mol. The highest BCUT2D eigenvalue weighted by atomic mass is 15.4. The zero-order valence-corrected chi connectivity index (χ0v) is 18.6. The van der Waals surface area contributed by atoms with Crippen LogP contribution in [-0.2, 0) is 7.05 Å². The third kappa shape index (κ3) is 5.17. The number of anilines is 4. The fraction of sp³-hybridized carbons (Fsp3) is 0.280. The lowest BCUT2D eigenvalue weighted by Crippen LogP contribution is -2.35. The van der Waals surface area contributed by atoms with E-state index in [9.17, 15) is 0 Å². The Hall–Kier alpha value is -3.34.